The Morgan fingerprint density at radius 1 is 0.956 bits per heavy atom. The number of hydrogen-bond acceptors (Lipinski definition) is 9. The fraction of sp³-hybridized carbons (Fsp3) is 0.324. The van der Waals surface area contributed by atoms with E-state index < -0.39 is 47.4 Å². The van der Waals surface area contributed by atoms with Crippen molar-refractivity contribution in [2.45, 2.75) is 50.4 Å². The summed E-state index contributed by atoms with van der Waals surface area (Å²) in [6.45, 7) is 2.63. The van der Waals surface area contributed by atoms with Gasteiger partial charge in [0.1, 0.15) is 29.4 Å². The summed E-state index contributed by atoms with van der Waals surface area (Å²) < 4.78 is 30.8. The summed E-state index contributed by atoms with van der Waals surface area (Å²) in [6.07, 6.45) is -2.73. The zero-order chi connectivity index (χ0) is 32.1. The van der Waals surface area contributed by atoms with E-state index in [2.05, 4.69) is 4.98 Å². The molecule has 2 N–H and O–H groups in total. The van der Waals surface area contributed by atoms with Crippen LogP contribution in [-0.2, 0) is 24.6 Å². The summed E-state index contributed by atoms with van der Waals surface area (Å²) in [5.41, 5.74) is 0.238. The summed E-state index contributed by atoms with van der Waals surface area (Å²) in [5.74, 6) is 0.725. The summed E-state index contributed by atoms with van der Waals surface area (Å²) in [5, 5.41) is 11.1. The molecule has 4 atom stereocenters. The largest absolute Gasteiger partial charge is 0.497 e. The van der Waals surface area contributed by atoms with Gasteiger partial charge in [0.2, 0.25) is 0 Å². The molecule has 1 unspecified atom stereocenters. The standard InChI is InChI=1S/C34H36N2O9/c1-21-19-36(33(40)35-32(21)39)30-18-28(38)31(45-30)29(44-22(2)37)20-43-34(23-8-6-5-7-9-23,24-10-14-26(41-3)15-11-24)25-12-16-27(42-4)17-13-25/h5-17,19,28-31,38H,18,20H2,1-4H3,(H,35,39,40)/t28-,29?,30+,31-/m0/s1. The Hall–Kier alpha value is -4.71. The number of carbonyl (C=O) groups is 1. The third kappa shape index (κ3) is 6.56. The topological polar surface area (TPSA) is 138 Å². The van der Waals surface area contributed by atoms with Gasteiger partial charge in [-0.05, 0) is 47.9 Å². The van der Waals surface area contributed by atoms with Crippen molar-refractivity contribution in [2.24, 2.45) is 0 Å². The highest BCUT2D eigenvalue weighted by Crippen LogP contribution is 2.42. The first-order chi connectivity index (χ1) is 21.7. The number of hydrogen-bond donors (Lipinski definition) is 2. The minimum absolute atomic E-state index is 0.0224. The number of aliphatic hydroxyl groups excluding tert-OH is 1. The summed E-state index contributed by atoms with van der Waals surface area (Å²) in [6, 6.07) is 24.5. The van der Waals surface area contributed by atoms with Gasteiger partial charge in [-0.15, -0.1) is 0 Å². The fourth-order valence-electron chi connectivity index (χ4n) is 5.67. The van der Waals surface area contributed by atoms with Gasteiger partial charge >= 0.3 is 11.7 Å². The molecule has 0 radical (unpaired) electrons. The second kappa shape index (κ2) is 13.5. The van der Waals surface area contributed by atoms with Gasteiger partial charge in [-0.1, -0.05) is 54.6 Å². The number of carbonyl (C=O) groups excluding carboxylic acids is 1. The van der Waals surface area contributed by atoms with Crippen molar-refractivity contribution in [3.05, 3.63) is 128 Å². The molecule has 0 amide bonds. The van der Waals surface area contributed by atoms with Gasteiger partial charge in [0.15, 0.2) is 6.10 Å². The molecule has 11 heteroatoms. The van der Waals surface area contributed by atoms with Crippen LogP contribution in [0.3, 0.4) is 0 Å². The normalized spacial score (nSPS) is 18.7. The number of aliphatic hydroxyl groups is 1. The number of rotatable bonds is 11. The highest BCUT2D eigenvalue weighted by atomic mass is 16.6. The van der Waals surface area contributed by atoms with Crippen LogP contribution in [0.1, 0.15) is 41.8 Å². The third-order valence-corrected chi connectivity index (χ3v) is 7.91. The molecule has 1 fully saturated rings. The molecule has 236 valence electrons. The number of aromatic amines is 1. The molecule has 0 saturated carbocycles. The number of aryl methyl sites for hydroxylation is 1. The van der Waals surface area contributed by atoms with E-state index in [1.807, 2.05) is 78.9 Å². The lowest BCUT2D eigenvalue weighted by molar-refractivity contribution is -0.171. The van der Waals surface area contributed by atoms with Crippen LogP contribution in [0, 0.1) is 6.92 Å². The monoisotopic (exact) mass is 616 g/mol. The zero-order valence-electron chi connectivity index (χ0n) is 25.5. The van der Waals surface area contributed by atoms with E-state index in [4.69, 9.17) is 23.7 Å². The Kier molecular flexibility index (Phi) is 9.52. The van der Waals surface area contributed by atoms with Gasteiger partial charge in [-0.25, -0.2) is 4.79 Å². The van der Waals surface area contributed by atoms with E-state index in [1.54, 1.807) is 21.1 Å². The van der Waals surface area contributed by atoms with Crippen molar-refractivity contribution in [3.8, 4) is 11.5 Å². The predicted molar refractivity (Wildman–Crippen MR) is 164 cm³/mol. The quantitative estimate of drug-likeness (QED) is 0.192. The average molecular weight is 617 g/mol. The van der Waals surface area contributed by atoms with E-state index in [0.717, 1.165) is 16.7 Å². The minimum atomic E-state index is -1.21. The smallest absolute Gasteiger partial charge is 0.330 e. The number of aromatic nitrogens is 2. The van der Waals surface area contributed by atoms with Gasteiger partial charge in [0.25, 0.3) is 5.56 Å². The number of H-pyrrole nitrogens is 1. The molecule has 1 aliphatic rings. The van der Waals surface area contributed by atoms with E-state index in [0.29, 0.717) is 17.1 Å². The first kappa shape index (κ1) is 31.7. The van der Waals surface area contributed by atoms with Crippen molar-refractivity contribution in [2.75, 3.05) is 20.8 Å². The Bertz CT molecular complexity index is 1670. The Balaban J connectivity index is 1.56. The zero-order valence-corrected chi connectivity index (χ0v) is 25.5. The van der Waals surface area contributed by atoms with Crippen LogP contribution in [0.5, 0.6) is 11.5 Å². The van der Waals surface area contributed by atoms with Crippen molar-refractivity contribution < 1.29 is 33.6 Å². The van der Waals surface area contributed by atoms with Crippen LogP contribution in [0.2, 0.25) is 0 Å². The Morgan fingerprint density at radius 2 is 1.51 bits per heavy atom. The van der Waals surface area contributed by atoms with E-state index in [1.165, 1.54) is 17.7 Å². The first-order valence-corrected chi connectivity index (χ1v) is 14.5. The van der Waals surface area contributed by atoms with Crippen LogP contribution in [0.25, 0.3) is 0 Å². The second-order valence-electron chi connectivity index (χ2n) is 10.8. The molecule has 4 aromatic rings. The van der Waals surface area contributed by atoms with E-state index in [-0.39, 0.29) is 13.0 Å². The van der Waals surface area contributed by atoms with Crippen LogP contribution in [-0.4, -0.2) is 59.8 Å². The fourth-order valence-corrected chi connectivity index (χ4v) is 5.67. The maximum absolute atomic E-state index is 12.6. The molecule has 2 heterocycles. The number of nitrogens with one attached hydrogen (secondary N) is 1. The maximum Gasteiger partial charge on any atom is 0.330 e. The molecular formula is C34H36N2O9. The molecule has 11 nitrogen and oxygen atoms in total. The first-order valence-electron chi connectivity index (χ1n) is 14.5. The lowest BCUT2D eigenvalue weighted by Gasteiger charge is -2.38. The molecule has 45 heavy (non-hydrogen) atoms. The second-order valence-corrected chi connectivity index (χ2v) is 10.8. The van der Waals surface area contributed by atoms with E-state index >= 15 is 0 Å². The lowest BCUT2D eigenvalue weighted by Crippen LogP contribution is -2.44. The highest BCUT2D eigenvalue weighted by molar-refractivity contribution is 5.66. The molecule has 1 aliphatic heterocycles. The van der Waals surface area contributed by atoms with Crippen molar-refractivity contribution in [1.82, 2.24) is 9.55 Å². The SMILES string of the molecule is COc1ccc(C(OCC(OC(C)=O)[C@H]2O[C@@H](n3cc(C)c(=O)[nH]c3=O)C[C@@H]2O)(c2ccccc2)c2ccc(OC)cc2)cc1. The highest BCUT2D eigenvalue weighted by Gasteiger charge is 2.45. The predicted octanol–water partition coefficient (Wildman–Crippen LogP) is 3.45. The molecular weight excluding hydrogens is 580 g/mol. The average Bonchev–Trinajstić information content (AvgIpc) is 3.44. The molecule has 0 aliphatic carbocycles. The molecule has 0 spiro atoms. The van der Waals surface area contributed by atoms with Gasteiger partial charge in [-0.3, -0.25) is 19.1 Å². The number of methoxy groups -OCH3 is 2. The van der Waals surface area contributed by atoms with Crippen LogP contribution in [0.4, 0.5) is 0 Å². The third-order valence-electron chi connectivity index (χ3n) is 7.91. The van der Waals surface area contributed by atoms with Gasteiger partial charge in [0, 0.05) is 25.1 Å². The van der Waals surface area contributed by atoms with Crippen LogP contribution >= 0.6 is 0 Å². The van der Waals surface area contributed by atoms with Gasteiger partial charge < -0.3 is 28.8 Å². The van der Waals surface area contributed by atoms with Crippen molar-refractivity contribution in [3.63, 3.8) is 0 Å². The minimum Gasteiger partial charge on any atom is -0.497 e. The lowest BCUT2D eigenvalue weighted by atomic mass is 9.80. The number of ether oxygens (including phenoxy) is 5. The molecule has 0 bridgehead atoms. The number of esters is 1. The van der Waals surface area contributed by atoms with Crippen molar-refractivity contribution >= 4 is 5.97 Å². The molecule has 3 aromatic carbocycles. The van der Waals surface area contributed by atoms with Crippen LogP contribution < -0.4 is 20.7 Å². The van der Waals surface area contributed by atoms with E-state index in [9.17, 15) is 19.5 Å². The molecule has 1 saturated heterocycles. The van der Waals surface area contributed by atoms with Crippen LogP contribution in [0.15, 0.2) is 94.6 Å². The molecule has 5 rings (SSSR count). The maximum atomic E-state index is 12.6. The summed E-state index contributed by atoms with van der Waals surface area (Å²) >= 11 is 0. The summed E-state index contributed by atoms with van der Waals surface area (Å²) in [4.78, 5) is 39.1. The Morgan fingerprint density at radius 3 is 2.04 bits per heavy atom. The number of benzene rings is 3. The van der Waals surface area contributed by atoms with Crippen molar-refractivity contribution in [1.29, 1.82) is 0 Å². The summed E-state index contributed by atoms with van der Waals surface area (Å²) in [7, 11) is 3.18. The number of nitrogens with zero attached hydrogens (tertiary/aromatic N) is 1. The Labute approximate surface area is 259 Å². The van der Waals surface area contributed by atoms with Gasteiger partial charge in [0.05, 0.1) is 26.9 Å². The molecule has 1 aromatic heterocycles. The van der Waals surface area contributed by atoms with Gasteiger partial charge in [-0.2, -0.15) is 0 Å².